The molecule has 0 bridgehead atoms. The summed E-state index contributed by atoms with van der Waals surface area (Å²) in [5.74, 6) is 1.85. The number of thiazole rings is 1. The van der Waals surface area contributed by atoms with E-state index in [1.807, 2.05) is 41.7 Å². The second kappa shape index (κ2) is 7.37. The van der Waals surface area contributed by atoms with Crippen LogP contribution in [0.3, 0.4) is 0 Å². The van der Waals surface area contributed by atoms with E-state index in [0.29, 0.717) is 15.4 Å². The summed E-state index contributed by atoms with van der Waals surface area (Å²) < 4.78 is 0.442. The van der Waals surface area contributed by atoms with Gasteiger partial charge < -0.3 is 10.6 Å². The first-order valence-corrected chi connectivity index (χ1v) is 9.97. The number of benzene rings is 1. The fourth-order valence-electron chi connectivity index (χ4n) is 2.10. The van der Waals surface area contributed by atoms with Crippen molar-refractivity contribution in [2.45, 2.75) is 11.5 Å². The summed E-state index contributed by atoms with van der Waals surface area (Å²) in [4.78, 5) is 27.4. The lowest BCUT2D eigenvalue weighted by atomic mass is 10.2. The van der Waals surface area contributed by atoms with Crippen LogP contribution in [0.4, 0.5) is 10.8 Å². The van der Waals surface area contributed by atoms with E-state index in [2.05, 4.69) is 21.7 Å². The maximum Gasteiger partial charge on any atom is 0.275 e. The van der Waals surface area contributed by atoms with Crippen molar-refractivity contribution < 1.29 is 9.59 Å². The van der Waals surface area contributed by atoms with E-state index < -0.39 is 0 Å². The highest BCUT2D eigenvalue weighted by molar-refractivity contribution is 8.19. The maximum atomic E-state index is 12.3. The van der Waals surface area contributed by atoms with Crippen molar-refractivity contribution in [2.24, 2.45) is 0 Å². The highest BCUT2D eigenvalue weighted by Crippen LogP contribution is 2.45. The van der Waals surface area contributed by atoms with E-state index in [0.717, 1.165) is 17.2 Å². The van der Waals surface area contributed by atoms with Gasteiger partial charge in [0.15, 0.2) is 5.13 Å². The summed E-state index contributed by atoms with van der Waals surface area (Å²) in [5.41, 5.74) is 2.27. The molecule has 8 heteroatoms. The molecule has 0 aliphatic carbocycles. The summed E-state index contributed by atoms with van der Waals surface area (Å²) in [6.45, 7) is 1.41. The molecule has 1 saturated heterocycles. The molecule has 0 radical (unpaired) electrons. The Morgan fingerprint density at radius 1 is 1.22 bits per heavy atom. The fourth-order valence-corrected chi connectivity index (χ4v) is 5.67. The number of hydrogen-bond donors (Lipinski definition) is 2. The first kappa shape index (κ1) is 16.4. The smallest absolute Gasteiger partial charge is 0.275 e. The molecule has 23 heavy (non-hydrogen) atoms. The van der Waals surface area contributed by atoms with E-state index in [9.17, 15) is 9.59 Å². The number of nitrogens with one attached hydrogen (secondary N) is 2. The highest BCUT2D eigenvalue weighted by atomic mass is 32.2. The lowest BCUT2D eigenvalue weighted by molar-refractivity contribution is -0.114. The number of carbonyl (C=O) groups excluding carboxylic acids is 2. The molecule has 1 aliphatic heterocycles. The van der Waals surface area contributed by atoms with Gasteiger partial charge in [-0.25, -0.2) is 4.98 Å². The molecule has 5 nitrogen and oxygen atoms in total. The number of carbonyl (C=O) groups is 2. The van der Waals surface area contributed by atoms with Gasteiger partial charge in [0.2, 0.25) is 5.91 Å². The van der Waals surface area contributed by atoms with Gasteiger partial charge in [-0.1, -0.05) is 12.1 Å². The minimum atomic E-state index is -0.276. The summed E-state index contributed by atoms with van der Waals surface area (Å²) in [6.07, 6.45) is 0. The molecule has 3 rings (SSSR count). The van der Waals surface area contributed by atoms with Gasteiger partial charge in [-0.15, -0.1) is 34.9 Å². The molecule has 0 atom stereocenters. The Morgan fingerprint density at radius 2 is 2.00 bits per heavy atom. The Morgan fingerprint density at radius 3 is 2.74 bits per heavy atom. The van der Waals surface area contributed by atoms with Crippen molar-refractivity contribution in [1.82, 2.24) is 4.98 Å². The number of anilines is 2. The molecule has 0 saturated carbocycles. The Labute approximate surface area is 146 Å². The number of thioether (sulfide) groups is 2. The monoisotopic (exact) mass is 365 g/mol. The van der Waals surface area contributed by atoms with Crippen LogP contribution in [0.1, 0.15) is 27.6 Å². The average Bonchev–Trinajstić information content (AvgIpc) is 3.18. The number of amides is 2. The SMILES string of the molecule is CC(=O)Nc1nc(C(=O)Nc2cccc(C3SCCS3)c2)cs1. The Bertz CT molecular complexity index is 726. The minimum absolute atomic E-state index is 0.203. The topological polar surface area (TPSA) is 71.1 Å². The fraction of sp³-hybridized carbons (Fsp3) is 0.267. The average molecular weight is 366 g/mol. The number of aromatic nitrogens is 1. The predicted octanol–water partition coefficient (Wildman–Crippen LogP) is 3.83. The zero-order chi connectivity index (χ0) is 16.2. The van der Waals surface area contributed by atoms with Crippen molar-refractivity contribution in [3.63, 3.8) is 0 Å². The number of rotatable bonds is 4. The van der Waals surface area contributed by atoms with Crippen molar-refractivity contribution in [2.75, 3.05) is 22.1 Å². The van der Waals surface area contributed by atoms with Gasteiger partial charge in [0.25, 0.3) is 5.91 Å². The van der Waals surface area contributed by atoms with Crippen molar-refractivity contribution in [3.05, 3.63) is 40.9 Å². The molecule has 2 amide bonds. The number of nitrogens with zero attached hydrogens (tertiary/aromatic N) is 1. The van der Waals surface area contributed by atoms with Crippen LogP contribution in [0, 0.1) is 0 Å². The van der Waals surface area contributed by atoms with Crippen LogP contribution >= 0.6 is 34.9 Å². The quantitative estimate of drug-likeness (QED) is 0.861. The van der Waals surface area contributed by atoms with Gasteiger partial charge in [0, 0.05) is 29.5 Å². The highest BCUT2D eigenvalue weighted by Gasteiger charge is 2.19. The van der Waals surface area contributed by atoms with Crippen LogP contribution < -0.4 is 10.6 Å². The Balaban J connectivity index is 1.68. The molecule has 0 spiro atoms. The van der Waals surface area contributed by atoms with Crippen molar-refractivity contribution in [1.29, 1.82) is 0 Å². The van der Waals surface area contributed by atoms with Gasteiger partial charge in [-0.2, -0.15) is 0 Å². The summed E-state index contributed by atoms with van der Waals surface area (Å²) in [7, 11) is 0. The summed E-state index contributed by atoms with van der Waals surface area (Å²) in [6, 6.07) is 7.92. The molecule has 1 aliphatic rings. The van der Waals surface area contributed by atoms with Crippen molar-refractivity contribution in [3.8, 4) is 0 Å². The maximum absolute atomic E-state index is 12.3. The normalized spacial score (nSPS) is 14.7. The molecule has 1 aromatic heterocycles. The van der Waals surface area contributed by atoms with Crippen LogP contribution in [0.2, 0.25) is 0 Å². The van der Waals surface area contributed by atoms with Crippen molar-refractivity contribution >= 4 is 57.5 Å². The molecule has 120 valence electrons. The molecule has 1 fully saturated rings. The van der Waals surface area contributed by atoms with Crippen LogP contribution in [0.5, 0.6) is 0 Å². The van der Waals surface area contributed by atoms with Crippen LogP contribution in [-0.2, 0) is 4.79 Å². The molecule has 2 aromatic rings. The van der Waals surface area contributed by atoms with Crippen LogP contribution in [-0.4, -0.2) is 28.3 Å². The third-order valence-corrected chi connectivity index (χ3v) is 6.92. The third-order valence-electron chi connectivity index (χ3n) is 3.06. The number of hydrogen-bond acceptors (Lipinski definition) is 6. The van der Waals surface area contributed by atoms with Gasteiger partial charge >= 0.3 is 0 Å². The standard InChI is InChI=1S/C15H15N3O2S3/c1-9(19)16-15-18-12(8-23-15)13(20)17-11-4-2-3-10(7-11)14-21-5-6-22-14/h2-4,7-8,14H,5-6H2,1H3,(H,17,20)(H,16,18,19). The minimum Gasteiger partial charge on any atom is -0.321 e. The van der Waals surface area contributed by atoms with Crippen LogP contribution in [0.25, 0.3) is 0 Å². The molecular formula is C15H15N3O2S3. The van der Waals surface area contributed by atoms with Gasteiger partial charge in [-0.3, -0.25) is 9.59 Å². The zero-order valence-electron chi connectivity index (χ0n) is 12.4. The second-order valence-electron chi connectivity index (χ2n) is 4.87. The Hall–Kier alpha value is -1.51. The van der Waals surface area contributed by atoms with Gasteiger partial charge in [0.1, 0.15) is 5.69 Å². The largest absolute Gasteiger partial charge is 0.321 e. The summed E-state index contributed by atoms with van der Waals surface area (Å²) >= 11 is 5.09. The van der Waals surface area contributed by atoms with E-state index in [1.165, 1.54) is 23.8 Å². The van der Waals surface area contributed by atoms with E-state index >= 15 is 0 Å². The zero-order valence-corrected chi connectivity index (χ0v) is 14.8. The van der Waals surface area contributed by atoms with E-state index in [1.54, 1.807) is 5.38 Å². The third kappa shape index (κ3) is 4.27. The molecular weight excluding hydrogens is 350 g/mol. The molecule has 1 aromatic carbocycles. The van der Waals surface area contributed by atoms with Crippen LogP contribution in [0.15, 0.2) is 29.6 Å². The second-order valence-corrected chi connectivity index (χ2v) is 8.45. The van der Waals surface area contributed by atoms with E-state index in [-0.39, 0.29) is 11.8 Å². The Kier molecular flexibility index (Phi) is 5.24. The van der Waals surface area contributed by atoms with Gasteiger partial charge in [-0.05, 0) is 17.7 Å². The molecule has 0 unspecified atom stereocenters. The lowest BCUT2D eigenvalue weighted by Gasteiger charge is -2.10. The van der Waals surface area contributed by atoms with E-state index in [4.69, 9.17) is 0 Å². The lowest BCUT2D eigenvalue weighted by Crippen LogP contribution is -2.13. The molecule has 2 N–H and O–H groups in total. The first-order chi connectivity index (χ1) is 11.1. The summed E-state index contributed by atoms with van der Waals surface area (Å²) in [5, 5.41) is 7.49. The predicted molar refractivity (Wildman–Crippen MR) is 98.5 cm³/mol. The molecule has 2 heterocycles. The first-order valence-electron chi connectivity index (χ1n) is 6.99. The van der Waals surface area contributed by atoms with Gasteiger partial charge in [0.05, 0.1) is 4.58 Å².